The standard InChI is InChI=1S/C24H23N/c1-2-25-23-13-11-19-9-7-17-3-4-18(6-5-17)8-10-20-12-14-24(25)22(16-20)21(23)15-19/h3-6,11-16H,2,7-10H2,1H3. The molecule has 1 nitrogen and oxygen atoms in total. The zero-order valence-electron chi connectivity index (χ0n) is 14.8. The SMILES string of the molecule is CCn1c2ccc3cc2c2cc(ccc21)CCc1ccc(cc1)CC3. The molecule has 0 N–H and O–H groups in total. The van der Waals surface area contributed by atoms with E-state index < -0.39 is 0 Å². The van der Waals surface area contributed by atoms with E-state index in [2.05, 4.69) is 72.2 Å². The molecule has 124 valence electrons. The van der Waals surface area contributed by atoms with Gasteiger partial charge in [0.25, 0.3) is 0 Å². The summed E-state index contributed by atoms with van der Waals surface area (Å²) in [5.41, 5.74) is 8.50. The van der Waals surface area contributed by atoms with Crippen LogP contribution in [0.15, 0.2) is 60.7 Å². The Morgan fingerprint density at radius 3 is 1.44 bits per heavy atom. The van der Waals surface area contributed by atoms with Gasteiger partial charge in [-0.15, -0.1) is 0 Å². The summed E-state index contributed by atoms with van der Waals surface area (Å²) in [6.07, 6.45) is 4.44. The van der Waals surface area contributed by atoms with Gasteiger partial charge in [-0.2, -0.15) is 0 Å². The smallest absolute Gasteiger partial charge is 0.0491 e. The molecule has 0 radical (unpaired) electrons. The minimum atomic E-state index is 1.02. The second kappa shape index (κ2) is 5.77. The Labute approximate surface area is 148 Å². The number of rotatable bonds is 1. The van der Waals surface area contributed by atoms with E-state index >= 15 is 0 Å². The van der Waals surface area contributed by atoms with Gasteiger partial charge in [0.2, 0.25) is 0 Å². The van der Waals surface area contributed by atoms with Crippen LogP contribution in [0.2, 0.25) is 0 Å². The Morgan fingerprint density at radius 1 is 0.600 bits per heavy atom. The molecular weight excluding hydrogens is 302 g/mol. The van der Waals surface area contributed by atoms with Crippen molar-refractivity contribution in [3.05, 3.63) is 82.9 Å². The van der Waals surface area contributed by atoms with E-state index in [1.54, 1.807) is 0 Å². The summed E-state index contributed by atoms with van der Waals surface area (Å²) in [6.45, 7) is 3.26. The highest BCUT2D eigenvalue weighted by Crippen LogP contribution is 2.31. The van der Waals surface area contributed by atoms with Gasteiger partial charge in [0.1, 0.15) is 0 Å². The fraction of sp³-hybridized carbons (Fsp3) is 0.250. The summed E-state index contributed by atoms with van der Waals surface area (Å²) in [7, 11) is 0. The predicted molar refractivity (Wildman–Crippen MR) is 106 cm³/mol. The summed E-state index contributed by atoms with van der Waals surface area (Å²) in [5.74, 6) is 0. The van der Waals surface area contributed by atoms with E-state index in [1.807, 2.05) is 0 Å². The van der Waals surface area contributed by atoms with Crippen LogP contribution in [0.5, 0.6) is 0 Å². The molecule has 2 aliphatic carbocycles. The Hall–Kier alpha value is -2.54. The molecule has 0 spiro atoms. The molecule has 1 heteroatoms. The Morgan fingerprint density at radius 2 is 1.00 bits per heavy atom. The number of aryl methyl sites for hydroxylation is 5. The van der Waals surface area contributed by atoms with Crippen LogP contribution < -0.4 is 0 Å². The van der Waals surface area contributed by atoms with Crippen LogP contribution in [0, 0.1) is 0 Å². The average molecular weight is 325 g/mol. The summed E-state index contributed by atoms with van der Waals surface area (Å²) in [4.78, 5) is 0. The van der Waals surface area contributed by atoms with E-state index in [0.717, 1.165) is 32.2 Å². The molecule has 0 fully saturated rings. The normalized spacial score (nSPS) is 14.1. The zero-order chi connectivity index (χ0) is 16.8. The first kappa shape index (κ1) is 14.8. The van der Waals surface area contributed by atoms with Crippen molar-refractivity contribution >= 4 is 21.8 Å². The number of fused-ring (bicyclic) bond motifs is 4. The molecule has 1 heterocycles. The molecule has 0 amide bonds. The highest BCUT2D eigenvalue weighted by Gasteiger charge is 2.12. The van der Waals surface area contributed by atoms with Crippen molar-refractivity contribution in [1.82, 2.24) is 4.57 Å². The molecule has 0 saturated carbocycles. The lowest BCUT2D eigenvalue weighted by Crippen LogP contribution is -1.95. The van der Waals surface area contributed by atoms with Crippen molar-refractivity contribution in [2.24, 2.45) is 0 Å². The first-order valence-electron chi connectivity index (χ1n) is 9.43. The van der Waals surface area contributed by atoms with E-state index in [0.29, 0.717) is 0 Å². The lowest BCUT2D eigenvalue weighted by molar-refractivity contribution is 0.826. The van der Waals surface area contributed by atoms with Gasteiger partial charge in [-0.1, -0.05) is 36.4 Å². The number of benzene rings is 3. The molecule has 2 aliphatic rings. The molecule has 0 saturated heterocycles. The molecule has 6 rings (SSSR count). The van der Waals surface area contributed by atoms with Crippen molar-refractivity contribution in [3.8, 4) is 0 Å². The van der Waals surface area contributed by atoms with Crippen molar-refractivity contribution in [2.45, 2.75) is 39.2 Å². The minimum Gasteiger partial charge on any atom is -0.341 e. The molecule has 4 aromatic rings. The molecule has 0 atom stereocenters. The highest BCUT2D eigenvalue weighted by molar-refractivity contribution is 6.08. The minimum absolute atomic E-state index is 1.02. The Bertz CT molecular complexity index is 983. The van der Waals surface area contributed by atoms with Crippen LogP contribution in [0.25, 0.3) is 21.8 Å². The number of aromatic nitrogens is 1. The topological polar surface area (TPSA) is 4.93 Å². The fourth-order valence-electron chi connectivity index (χ4n) is 4.30. The summed E-state index contributed by atoms with van der Waals surface area (Å²) < 4.78 is 2.45. The number of hydrogen-bond acceptors (Lipinski definition) is 0. The third kappa shape index (κ3) is 2.46. The predicted octanol–water partition coefficient (Wildman–Crippen LogP) is 5.70. The van der Waals surface area contributed by atoms with Crippen LogP contribution in [0.3, 0.4) is 0 Å². The van der Waals surface area contributed by atoms with Crippen LogP contribution >= 0.6 is 0 Å². The number of nitrogens with zero attached hydrogens (tertiary/aromatic N) is 1. The van der Waals surface area contributed by atoms with Gasteiger partial charge in [-0.25, -0.2) is 0 Å². The van der Waals surface area contributed by atoms with Gasteiger partial charge in [-0.05, 0) is 79.1 Å². The molecule has 3 aromatic carbocycles. The Balaban J connectivity index is 1.76. The van der Waals surface area contributed by atoms with Crippen LogP contribution in [0.1, 0.15) is 29.2 Å². The van der Waals surface area contributed by atoms with E-state index in [1.165, 1.54) is 44.1 Å². The summed E-state index contributed by atoms with van der Waals surface area (Å²) >= 11 is 0. The lowest BCUT2D eigenvalue weighted by Gasteiger charge is -2.07. The molecule has 6 bridgehead atoms. The van der Waals surface area contributed by atoms with Crippen LogP contribution in [-0.2, 0) is 32.2 Å². The number of hydrogen-bond donors (Lipinski definition) is 0. The lowest BCUT2D eigenvalue weighted by atomic mass is 9.97. The monoisotopic (exact) mass is 325 g/mol. The van der Waals surface area contributed by atoms with E-state index in [-0.39, 0.29) is 0 Å². The van der Waals surface area contributed by atoms with Gasteiger partial charge < -0.3 is 4.57 Å². The third-order valence-corrected chi connectivity index (χ3v) is 5.74. The summed E-state index contributed by atoms with van der Waals surface area (Å²) in [6, 6.07) is 23.4. The van der Waals surface area contributed by atoms with Crippen molar-refractivity contribution < 1.29 is 0 Å². The maximum atomic E-state index is 2.45. The second-order valence-corrected chi connectivity index (χ2v) is 7.26. The Kier molecular flexibility index (Phi) is 3.41. The van der Waals surface area contributed by atoms with Crippen molar-refractivity contribution in [2.75, 3.05) is 0 Å². The first-order valence-corrected chi connectivity index (χ1v) is 9.43. The van der Waals surface area contributed by atoms with Gasteiger partial charge in [0.05, 0.1) is 0 Å². The molecule has 1 aromatic heterocycles. The highest BCUT2D eigenvalue weighted by atomic mass is 15.0. The van der Waals surface area contributed by atoms with Crippen molar-refractivity contribution in [3.63, 3.8) is 0 Å². The van der Waals surface area contributed by atoms with Gasteiger partial charge >= 0.3 is 0 Å². The maximum absolute atomic E-state index is 2.45. The van der Waals surface area contributed by atoms with Crippen molar-refractivity contribution in [1.29, 1.82) is 0 Å². The largest absolute Gasteiger partial charge is 0.341 e. The quantitative estimate of drug-likeness (QED) is 0.423. The van der Waals surface area contributed by atoms with Gasteiger partial charge in [0, 0.05) is 28.4 Å². The van der Waals surface area contributed by atoms with Crippen LogP contribution in [-0.4, -0.2) is 4.57 Å². The second-order valence-electron chi connectivity index (χ2n) is 7.26. The van der Waals surface area contributed by atoms with E-state index in [9.17, 15) is 0 Å². The van der Waals surface area contributed by atoms with E-state index in [4.69, 9.17) is 0 Å². The molecule has 25 heavy (non-hydrogen) atoms. The first-order chi connectivity index (χ1) is 12.3. The summed E-state index contributed by atoms with van der Waals surface area (Å²) in [5, 5.41) is 2.84. The van der Waals surface area contributed by atoms with Gasteiger partial charge in [-0.3, -0.25) is 0 Å². The van der Waals surface area contributed by atoms with Gasteiger partial charge in [0.15, 0.2) is 0 Å². The fourth-order valence-corrected chi connectivity index (χ4v) is 4.30. The third-order valence-electron chi connectivity index (χ3n) is 5.74. The average Bonchev–Trinajstić information content (AvgIpc) is 2.97. The molecule has 0 aliphatic heterocycles. The maximum Gasteiger partial charge on any atom is 0.0491 e. The zero-order valence-corrected chi connectivity index (χ0v) is 14.8. The molecule has 0 unspecified atom stereocenters. The van der Waals surface area contributed by atoms with Crippen LogP contribution in [0.4, 0.5) is 0 Å². The molecular formula is C24H23N.